The highest BCUT2D eigenvalue weighted by atomic mass is 35.5. The van der Waals surface area contributed by atoms with E-state index in [0.717, 1.165) is 29.5 Å². The molecule has 8 heteroatoms. The minimum absolute atomic E-state index is 0.103. The number of carbonyl (C=O) groups excluding carboxylic acids is 1. The second-order valence-corrected chi connectivity index (χ2v) is 6.92. The SMILES string of the molecule is CCCn1c(SCC(=O)Nc2ccc(Cl)cc2)nnc1-c1ccncc1. The van der Waals surface area contributed by atoms with Crippen LogP contribution < -0.4 is 5.32 Å². The first kappa shape index (κ1) is 18.4. The molecule has 0 spiro atoms. The summed E-state index contributed by atoms with van der Waals surface area (Å²) in [6, 6.07) is 10.8. The molecule has 1 amide bonds. The Balaban J connectivity index is 1.68. The maximum Gasteiger partial charge on any atom is 0.234 e. The number of aromatic nitrogens is 4. The van der Waals surface area contributed by atoms with E-state index in [0.29, 0.717) is 10.7 Å². The number of carbonyl (C=O) groups is 1. The lowest BCUT2D eigenvalue weighted by Gasteiger charge is -2.09. The molecule has 2 heterocycles. The van der Waals surface area contributed by atoms with Gasteiger partial charge in [0.05, 0.1) is 5.75 Å². The molecule has 3 aromatic rings. The first-order valence-electron chi connectivity index (χ1n) is 8.19. The highest BCUT2D eigenvalue weighted by molar-refractivity contribution is 7.99. The smallest absolute Gasteiger partial charge is 0.234 e. The van der Waals surface area contributed by atoms with Crippen LogP contribution in [0.15, 0.2) is 53.9 Å². The summed E-state index contributed by atoms with van der Waals surface area (Å²) in [7, 11) is 0. The average molecular weight is 388 g/mol. The molecule has 26 heavy (non-hydrogen) atoms. The van der Waals surface area contributed by atoms with Crippen molar-refractivity contribution in [2.24, 2.45) is 0 Å². The molecule has 6 nitrogen and oxygen atoms in total. The number of anilines is 1. The van der Waals surface area contributed by atoms with Gasteiger partial charge < -0.3 is 9.88 Å². The third kappa shape index (κ3) is 4.62. The van der Waals surface area contributed by atoms with Crippen LogP contribution in [0.4, 0.5) is 5.69 Å². The Bertz CT molecular complexity index is 867. The Morgan fingerprint density at radius 2 is 1.88 bits per heavy atom. The van der Waals surface area contributed by atoms with Gasteiger partial charge in [-0.25, -0.2) is 0 Å². The van der Waals surface area contributed by atoms with Crippen molar-refractivity contribution >= 4 is 35.0 Å². The molecule has 0 atom stereocenters. The van der Waals surface area contributed by atoms with Gasteiger partial charge >= 0.3 is 0 Å². The summed E-state index contributed by atoms with van der Waals surface area (Å²) in [4.78, 5) is 16.2. The zero-order valence-corrected chi connectivity index (χ0v) is 15.8. The molecule has 0 saturated carbocycles. The molecule has 0 aliphatic rings. The third-order valence-corrected chi connectivity index (χ3v) is 4.78. The van der Waals surface area contributed by atoms with Gasteiger partial charge in [-0.2, -0.15) is 0 Å². The topological polar surface area (TPSA) is 72.7 Å². The van der Waals surface area contributed by atoms with Gasteiger partial charge in [-0.3, -0.25) is 9.78 Å². The predicted molar refractivity (Wildman–Crippen MR) is 104 cm³/mol. The predicted octanol–water partition coefficient (Wildman–Crippen LogP) is 4.13. The van der Waals surface area contributed by atoms with Gasteiger partial charge in [-0.05, 0) is 42.8 Å². The summed E-state index contributed by atoms with van der Waals surface area (Å²) in [5.74, 6) is 0.935. The molecule has 0 radical (unpaired) electrons. The molecule has 0 aliphatic heterocycles. The number of hydrogen-bond donors (Lipinski definition) is 1. The summed E-state index contributed by atoms with van der Waals surface area (Å²) in [6.07, 6.45) is 4.40. The molecular formula is C18H18ClN5OS. The van der Waals surface area contributed by atoms with E-state index in [1.807, 2.05) is 16.7 Å². The fourth-order valence-corrected chi connectivity index (χ4v) is 3.29. The molecule has 3 rings (SSSR count). The van der Waals surface area contributed by atoms with E-state index in [4.69, 9.17) is 11.6 Å². The first-order chi connectivity index (χ1) is 12.7. The fourth-order valence-electron chi connectivity index (χ4n) is 2.40. The highest BCUT2D eigenvalue weighted by Gasteiger charge is 2.15. The zero-order valence-electron chi connectivity index (χ0n) is 14.2. The molecule has 0 aliphatic carbocycles. The Morgan fingerprint density at radius 1 is 1.15 bits per heavy atom. The Hall–Kier alpha value is -2.38. The Morgan fingerprint density at radius 3 is 2.58 bits per heavy atom. The standard InChI is InChI=1S/C18H18ClN5OS/c1-2-11-24-17(13-7-9-20-10-8-13)22-23-18(24)26-12-16(25)21-15-5-3-14(19)4-6-15/h3-10H,2,11-12H2,1H3,(H,21,25). The van der Waals surface area contributed by atoms with E-state index in [1.54, 1.807) is 36.7 Å². The summed E-state index contributed by atoms with van der Waals surface area (Å²) in [5, 5.41) is 12.8. The quantitative estimate of drug-likeness (QED) is 0.617. The number of nitrogens with one attached hydrogen (secondary N) is 1. The monoisotopic (exact) mass is 387 g/mol. The lowest BCUT2D eigenvalue weighted by molar-refractivity contribution is -0.113. The van der Waals surface area contributed by atoms with Gasteiger partial charge in [0.25, 0.3) is 0 Å². The summed E-state index contributed by atoms with van der Waals surface area (Å²) >= 11 is 7.22. The average Bonchev–Trinajstić information content (AvgIpc) is 3.06. The molecule has 1 aromatic carbocycles. The number of thioether (sulfide) groups is 1. The van der Waals surface area contributed by atoms with Gasteiger partial charge in [-0.1, -0.05) is 30.3 Å². The Kier molecular flexibility index (Phi) is 6.25. The van der Waals surface area contributed by atoms with Crippen LogP contribution in [0.25, 0.3) is 11.4 Å². The Labute approximate surface area is 161 Å². The van der Waals surface area contributed by atoms with Crippen LogP contribution in [-0.2, 0) is 11.3 Å². The van der Waals surface area contributed by atoms with E-state index < -0.39 is 0 Å². The number of rotatable bonds is 7. The van der Waals surface area contributed by atoms with Crippen LogP contribution >= 0.6 is 23.4 Å². The molecule has 0 saturated heterocycles. The van der Waals surface area contributed by atoms with Gasteiger partial charge in [0.1, 0.15) is 0 Å². The van der Waals surface area contributed by atoms with Crippen LogP contribution in [-0.4, -0.2) is 31.4 Å². The second kappa shape index (κ2) is 8.82. The number of halogens is 1. The number of hydrogen-bond acceptors (Lipinski definition) is 5. The number of nitrogens with zero attached hydrogens (tertiary/aromatic N) is 4. The number of benzene rings is 1. The van der Waals surface area contributed by atoms with E-state index in [-0.39, 0.29) is 11.7 Å². The normalized spacial score (nSPS) is 10.7. The van der Waals surface area contributed by atoms with E-state index in [1.165, 1.54) is 11.8 Å². The van der Waals surface area contributed by atoms with Gasteiger partial charge in [0.15, 0.2) is 11.0 Å². The third-order valence-electron chi connectivity index (χ3n) is 3.56. The maximum absolute atomic E-state index is 12.2. The van der Waals surface area contributed by atoms with E-state index in [9.17, 15) is 4.79 Å². The molecule has 0 fully saturated rings. The molecular weight excluding hydrogens is 370 g/mol. The van der Waals surface area contributed by atoms with Crippen molar-refractivity contribution in [1.29, 1.82) is 0 Å². The van der Waals surface area contributed by atoms with Crippen molar-refractivity contribution in [3.63, 3.8) is 0 Å². The molecule has 1 N–H and O–H groups in total. The lowest BCUT2D eigenvalue weighted by atomic mass is 10.2. The van der Waals surface area contributed by atoms with Crippen molar-refractivity contribution in [3.05, 3.63) is 53.8 Å². The minimum Gasteiger partial charge on any atom is -0.325 e. The van der Waals surface area contributed by atoms with Crippen LogP contribution in [0.3, 0.4) is 0 Å². The largest absolute Gasteiger partial charge is 0.325 e. The van der Waals surface area contributed by atoms with E-state index >= 15 is 0 Å². The van der Waals surface area contributed by atoms with E-state index in [2.05, 4.69) is 27.4 Å². The van der Waals surface area contributed by atoms with Crippen molar-refractivity contribution in [3.8, 4) is 11.4 Å². The summed E-state index contributed by atoms with van der Waals surface area (Å²) in [5.41, 5.74) is 1.67. The molecule has 134 valence electrons. The number of pyridine rings is 1. The van der Waals surface area contributed by atoms with Crippen LogP contribution in [0, 0.1) is 0 Å². The van der Waals surface area contributed by atoms with Crippen molar-refractivity contribution < 1.29 is 4.79 Å². The van der Waals surface area contributed by atoms with Crippen LogP contribution in [0.1, 0.15) is 13.3 Å². The molecule has 0 bridgehead atoms. The maximum atomic E-state index is 12.2. The van der Waals surface area contributed by atoms with Crippen molar-refractivity contribution in [1.82, 2.24) is 19.7 Å². The van der Waals surface area contributed by atoms with Gasteiger partial charge in [0, 0.05) is 35.2 Å². The second-order valence-electron chi connectivity index (χ2n) is 5.54. The lowest BCUT2D eigenvalue weighted by Crippen LogP contribution is -2.14. The zero-order chi connectivity index (χ0) is 18.4. The van der Waals surface area contributed by atoms with Crippen LogP contribution in [0.5, 0.6) is 0 Å². The molecule has 2 aromatic heterocycles. The fraction of sp³-hybridized carbons (Fsp3) is 0.222. The minimum atomic E-state index is -0.103. The summed E-state index contributed by atoms with van der Waals surface area (Å²) in [6.45, 7) is 2.88. The number of amides is 1. The van der Waals surface area contributed by atoms with Gasteiger partial charge in [0.2, 0.25) is 5.91 Å². The summed E-state index contributed by atoms with van der Waals surface area (Å²) < 4.78 is 2.04. The molecule has 0 unspecified atom stereocenters. The van der Waals surface area contributed by atoms with Crippen LogP contribution in [0.2, 0.25) is 5.02 Å². The first-order valence-corrected chi connectivity index (χ1v) is 9.55. The van der Waals surface area contributed by atoms with Gasteiger partial charge in [-0.15, -0.1) is 10.2 Å². The van der Waals surface area contributed by atoms with Crippen molar-refractivity contribution in [2.45, 2.75) is 25.0 Å². The van der Waals surface area contributed by atoms with Crippen molar-refractivity contribution in [2.75, 3.05) is 11.1 Å². The highest BCUT2D eigenvalue weighted by Crippen LogP contribution is 2.24.